The minimum atomic E-state index is -0.452. The van der Waals surface area contributed by atoms with Gasteiger partial charge in [0.25, 0.3) is 0 Å². The number of phenolic OH excluding ortho intramolecular Hbond substituents is 2. The number of halogens is 1. The van der Waals surface area contributed by atoms with Gasteiger partial charge in [0, 0.05) is 11.1 Å². The topological polar surface area (TPSA) is 66.5 Å². The summed E-state index contributed by atoms with van der Waals surface area (Å²) < 4.78 is 0. The van der Waals surface area contributed by atoms with E-state index in [1.807, 2.05) is 0 Å². The van der Waals surface area contributed by atoms with Crippen LogP contribution in [0.5, 0.6) is 11.5 Å². The fraction of sp³-hybridized carbons (Fsp3) is 0.333. The molecule has 0 aromatic heterocycles. The fourth-order valence-electron chi connectivity index (χ4n) is 1.36. The zero-order valence-electron chi connectivity index (χ0n) is 6.92. The molecule has 4 N–H and O–H groups in total. The van der Waals surface area contributed by atoms with E-state index in [0.29, 0.717) is 5.56 Å². The summed E-state index contributed by atoms with van der Waals surface area (Å²) in [6, 6.07) is 3.20. The normalized spacial score (nSPS) is 18.6. The van der Waals surface area contributed by atoms with Crippen molar-refractivity contribution >= 4 is 11.6 Å². The lowest BCUT2D eigenvalue weighted by Gasteiger charge is -2.12. The molecular formula is C9H10ClNO2. The summed E-state index contributed by atoms with van der Waals surface area (Å²) >= 11 is 5.61. The van der Waals surface area contributed by atoms with Crippen molar-refractivity contribution in [3.05, 3.63) is 22.7 Å². The molecule has 0 amide bonds. The lowest BCUT2D eigenvalue weighted by atomic mass is 10.0. The van der Waals surface area contributed by atoms with Gasteiger partial charge in [0.1, 0.15) is 0 Å². The van der Waals surface area contributed by atoms with Gasteiger partial charge in [0.05, 0.1) is 5.02 Å². The van der Waals surface area contributed by atoms with Gasteiger partial charge in [-0.3, -0.25) is 0 Å². The maximum absolute atomic E-state index is 9.54. The van der Waals surface area contributed by atoms with Crippen LogP contribution in [0.4, 0.5) is 0 Å². The Morgan fingerprint density at radius 1 is 1.23 bits per heavy atom. The molecule has 4 heteroatoms. The van der Waals surface area contributed by atoms with Crippen LogP contribution in [0, 0.1) is 0 Å². The third-order valence-electron chi connectivity index (χ3n) is 2.43. The third kappa shape index (κ3) is 1.24. The molecule has 2 rings (SSSR count). The molecule has 70 valence electrons. The molecule has 13 heavy (non-hydrogen) atoms. The number of phenols is 2. The number of hydrogen-bond donors (Lipinski definition) is 3. The predicted molar refractivity (Wildman–Crippen MR) is 49.9 cm³/mol. The fourth-order valence-corrected chi connectivity index (χ4v) is 1.51. The molecule has 0 saturated heterocycles. The number of hydrogen-bond acceptors (Lipinski definition) is 3. The molecule has 0 bridgehead atoms. The van der Waals surface area contributed by atoms with Crippen LogP contribution in [-0.2, 0) is 5.54 Å². The third-order valence-corrected chi connectivity index (χ3v) is 2.73. The van der Waals surface area contributed by atoms with Gasteiger partial charge < -0.3 is 15.9 Å². The van der Waals surface area contributed by atoms with E-state index in [-0.39, 0.29) is 16.5 Å². The van der Waals surface area contributed by atoms with Crippen LogP contribution in [-0.4, -0.2) is 10.2 Å². The van der Waals surface area contributed by atoms with Crippen LogP contribution in [0.1, 0.15) is 18.4 Å². The van der Waals surface area contributed by atoms with E-state index in [9.17, 15) is 10.2 Å². The molecule has 1 aliphatic rings. The van der Waals surface area contributed by atoms with Crippen molar-refractivity contribution in [1.82, 2.24) is 0 Å². The summed E-state index contributed by atoms with van der Waals surface area (Å²) in [7, 11) is 0. The van der Waals surface area contributed by atoms with Crippen molar-refractivity contribution in [3.8, 4) is 11.5 Å². The van der Waals surface area contributed by atoms with Crippen LogP contribution < -0.4 is 5.73 Å². The average molecular weight is 200 g/mol. The molecule has 0 heterocycles. The van der Waals surface area contributed by atoms with Crippen molar-refractivity contribution in [2.75, 3.05) is 0 Å². The zero-order chi connectivity index (χ0) is 9.64. The first kappa shape index (κ1) is 8.66. The smallest absolute Gasteiger partial charge is 0.176 e. The summed E-state index contributed by atoms with van der Waals surface area (Å²) in [6.07, 6.45) is 1.67. The van der Waals surface area contributed by atoms with Crippen LogP contribution in [0.25, 0.3) is 0 Å². The monoisotopic (exact) mass is 199 g/mol. The first-order valence-electron chi connectivity index (χ1n) is 4.04. The Morgan fingerprint density at radius 2 is 1.85 bits per heavy atom. The SMILES string of the molecule is NC1(c2ccc(Cl)c(O)c2O)CC1. The Labute approximate surface area is 80.8 Å². The Kier molecular flexibility index (Phi) is 1.68. The molecule has 0 atom stereocenters. The van der Waals surface area contributed by atoms with E-state index in [4.69, 9.17) is 17.3 Å². The molecule has 1 aromatic carbocycles. The average Bonchev–Trinajstić information content (AvgIpc) is 2.80. The summed E-state index contributed by atoms with van der Waals surface area (Å²) in [4.78, 5) is 0. The van der Waals surface area contributed by atoms with Crippen molar-refractivity contribution in [2.45, 2.75) is 18.4 Å². The van der Waals surface area contributed by atoms with Crippen molar-refractivity contribution in [2.24, 2.45) is 5.73 Å². The van der Waals surface area contributed by atoms with Gasteiger partial charge in [-0.1, -0.05) is 17.7 Å². The van der Waals surface area contributed by atoms with Crippen LogP contribution in [0.2, 0.25) is 5.02 Å². The van der Waals surface area contributed by atoms with Gasteiger partial charge in [-0.25, -0.2) is 0 Å². The van der Waals surface area contributed by atoms with E-state index < -0.39 is 5.54 Å². The molecule has 0 aliphatic heterocycles. The zero-order valence-corrected chi connectivity index (χ0v) is 7.67. The lowest BCUT2D eigenvalue weighted by Crippen LogP contribution is -2.18. The van der Waals surface area contributed by atoms with E-state index in [1.165, 1.54) is 0 Å². The first-order chi connectivity index (χ1) is 6.04. The van der Waals surface area contributed by atoms with Gasteiger partial charge in [-0.2, -0.15) is 0 Å². The van der Waals surface area contributed by atoms with E-state index >= 15 is 0 Å². The summed E-state index contributed by atoms with van der Waals surface area (Å²) in [5, 5.41) is 19.0. The molecule has 3 nitrogen and oxygen atoms in total. The van der Waals surface area contributed by atoms with E-state index in [2.05, 4.69) is 0 Å². The molecule has 0 spiro atoms. The molecule has 1 aromatic rings. The molecule has 0 radical (unpaired) electrons. The Balaban J connectivity index is 2.54. The summed E-state index contributed by atoms with van der Waals surface area (Å²) in [6.45, 7) is 0. The molecule has 1 fully saturated rings. The second kappa shape index (κ2) is 2.53. The van der Waals surface area contributed by atoms with Crippen molar-refractivity contribution in [1.29, 1.82) is 0 Å². The Bertz CT molecular complexity index is 361. The minimum Gasteiger partial charge on any atom is -0.504 e. The number of aromatic hydroxyl groups is 2. The first-order valence-corrected chi connectivity index (χ1v) is 4.42. The van der Waals surface area contributed by atoms with Gasteiger partial charge in [0.15, 0.2) is 11.5 Å². The van der Waals surface area contributed by atoms with Crippen LogP contribution in [0.3, 0.4) is 0 Å². The number of benzene rings is 1. The maximum Gasteiger partial charge on any atom is 0.176 e. The second-order valence-corrected chi connectivity index (χ2v) is 3.86. The predicted octanol–water partition coefficient (Wildman–Crippen LogP) is 1.70. The van der Waals surface area contributed by atoms with Crippen LogP contribution in [0.15, 0.2) is 12.1 Å². The largest absolute Gasteiger partial charge is 0.504 e. The summed E-state index contributed by atoms with van der Waals surface area (Å²) in [5.74, 6) is -0.469. The minimum absolute atomic E-state index is 0.144. The highest BCUT2D eigenvalue weighted by atomic mass is 35.5. The number of rotatable bonds is 1. The van der Waals surface area contributed by atoms with Gasteiger partial charge >= 0.3 is 0 Å². The molecule has 1 saturated carbocycles. The highest BCUT2D eigenvalue weighted by molar-refractivity contribution is 6.32. The second-order valence-electron chi connectivity index (χ2n) is 3.45. The molecule has 0 unspecified atom stereocenters. The quantitative estimate of drug-likeness (QED) is 0.603. The highest BCUT2D eigenvalue weighted by Gasteiger charge is 2.42. The van der Waals surface area contributed by atoms with E-state index in [0.717, 1.165) is 12.8 Å². The van der Waals surface area contributed by atoms with Crippen LogP contribution >= 0.6 is 11.6 Å². The van der Waals surface area contributed by atoms with Gasteiger partial charge in [0.2, 0.25) is 0 Å². The lowest BCUT2D eigenvalue weighted by molar-refractivity contribution is 0.395. The van der Waals surface area contributed by atoms with Crippen molar-refractivity contribution < 1.29 is 10.2 Å². The Morgan fingerprint density at radius 3 is 2.38 bits per heavy atom. The molecular weight excluding hydrogens is 190 g/mol. The van der Waals surface area contributed by atoms with Gasteiger partial charge in [-0.05, 0) is 18.9 Å². The maximum atomic E-state index is 9.54. The van der Waals surface area contributed by atoms with Gasteiger partial charge in [-0.15, -0.1) is 0 Å². The molecule has 1 aliphatic carbocycles. The highest BCUT2D eigenvalue weighted by Crippen LogP contribution is 2.49. The Hall–Kier alpha value is -0.930. The van der Waals surface area contributed by atoms with E-state index in [1.54, 1.807) is 12.1 Å². The van der Waals surface area contributed by atoms with Crippen molar-refractivity contribution in [3.63, 3.8) is 0 Å². The number of nitrogens with two attached hydrogens (primary N) is 1. The summed E-state index contributed by atoms with van der Waals surface area (Å²) in [5.41, 5.74) is 6.00. The standard InChI is InChI=1S/C9H10ClNO2/c10-6-2-1-5(7(12)8(6)13)9(11)3-4-9/h1-2,12-13H,3-4,11H2.